The van der Waals surface area contributed by atoms with Crippen molar-refractivity contribution in [2.75, 3.05) is 5.75 Å². The van der Waals surface area contributed by atoms with Crippen molar-refractivity contribution in [3.63, 3.8) is 0 Å². The van der Waals surface area contributed by atoms with Crippen molar-refractivity contribution >= 4 is 34.0 Å². The van der Waals surface area contributed by atoms with E-state index in [9.17, 15) is 5.11 Å². The van der Waals surface area contributed by atoms with E-state index in [-0.39, 0.29) is 0 Å². The van der Waals surface area contributed by atoms with E-state index in [1.807, 2.05) is 42.1 Å². The van der Waals surface area contributed by atoms with E-state index in [2.05, 4.69) is 11.1 Å². The van der Waals surface area contributed by atoms with Crippen LogP contribution >= 0.6 is 23.1 Å². The van der Waals surface area contributed by atoms with Gasteiger partial charge in [-0.05, 0) is 29.9 Å². The highest BCUT2D eigenvalue weighted by molar-refractivity contribution is 7.98. The van der Waals surface area contributed by atoms with Crippen LogP contribution in [-0.4, -0.2) is 15.8 Å². The summed E-state index contributed by atoms with van der Waals surface area (Å²) in [5.41, 5.74) is 3.20. The number of thioether (sulfide) groups is 1. The third-order valence-electron chi connectivity index (χ3n) is 3.87. The predicted octanol–water partition coefficient (Wildman–Crippen LogP) is 4.17. The molecule has 1 aliphatic rings. The Morgan fingerprint density at radius 2 is 2.10 bits per heavy atom. The third kappa shape index (κ3) is 2.37. The molecule has 0 aliphatic carbocycles. The SMILES string of the molecule is OC(c1cc2c(s1)CCSC2)c1cccc2cccnc12. The van der Waals surface area contributed by atoms with E-state index in [1.54, 1.807) is 17.5 Å². The molecule has 1 atom stereocenters. The Balaban J connectivity index is 1.79. The molecule has 0 fully saturated rings. The molecule has 0 saturated carbocycles. The minimum atomic E-state index is -0.579. The smallest absolute Gasteiger partial charge is 0.115 e. The average Bonchev–Trinajstić information content (AvgIpc) is 2.97. The van der Waals surface area contributed by atoms with E-state index in [0.29, 0.717) is 0 Å². The van der Waals surface area contributed by atoms with Crippen LogP contribution in [0.4, 0.5) is 0 Å². The third-order valence-corrected chi connectivity index (χ3v) is 6.17. The number of aliphatic hydroxyl groups excluding tert-OH is 1. The fourth-order valence-corrected chi connectivity index (χ4v) is 5.19. The number of aromatic nitrogens is 1. The number of hydrogen-bond donors (Lipinski definition) is 1. The van der Waals surface area contributed by atoms with E-state index >= 15 is 0 Å². The first-order valence-corrected chi connectivity index (χ1v) is 9.01. The molecule has 2 aromatic heterocycles. The molecule has 21 heavy (non-hydrogen) atoms. The first-order valence-electron chi connectivity index (χ1n) is 7.04. The Bertz CT molecular complexity index is 768. The van der Waals surface area contributed by atoms with Crippen LogP contribution in [0.25, 0.3) is 10.9 Å². The van der Waals surface area contributed by atoms with Gasteiger partial charge in [0.25, 0.3) is 0 Å². The van der Waals surface area contributed by atoms with Crippen LogP contribution in [0.15, 0.2) is 42.6 Å². The summed E-state index contributed by atoms with van der Waals surface area (Å²) in [6.07, 6.45) is 2.34. The van der Waals surface area contributed by atoms with Gasteiger partial charge in [0, 0.05) is 32.7 Å². The van der Waals surface area contributed by atoms with Gasteiger partial charge in [0.05, 0.1) is 5.52 Å². The number of nitrogens with zero attached hydrogens (tertiary/aromatic N) is 1. The second-order valence-corrected chi connectivity index (χ2v) is 7.50. The Morgan fingerprint density at radius 3 is 3.00 bits per heavy atom. The Hall–Kier alpha value is -1.36. The molecule has 0 spiro atoms. The fraction of sp³-hybridized carbons (Fsp3) is 0.235. The van der Waals surface area contributed by atoms with Gasteiger partial charge in [-0.15, -0.1) is 11.3 Å². The first-order chi connectivity index (χ1) is 10.3. The van der Waals surface area contributed by atoms with Gasteiger partial charge in [-0.3, -0.25) is 4.98 Å². The number of aliphatic hydroxyl groups is 1. The monoisotopic (exact) mass is 313 g/mol. The number of rotatable bonds is 2. The van der Waals surface area contributed by atoms with E-state index < -0.39 is 6.10 Å². The van der Waals surface area contributed by atoms with Gasteiger partial charge in [-0.25, -0.2) is 0 Å². The molecule has 1 unspecified atom stereocenters. The van der Waals surface area contributed by atoms with Crippen LogP contribution in [0.5, 0.6) is 0 Å². The maximum Gasteiger partial charge on any atom is 0.115 e. The van der Waals surface area contributed by atoms with Crippen LogP contribution < -0.4 is 0 Å². The number of para-hydroxylation sites is 1. The van der Waals surface area contributed by atoms with Gasteiger partial charge in [0.2, 0.25) is 0 Å². The number of thiophene rings is 1. The minimum Gasteiger partial charge on any atom is -0.383 e. The summed E-state index contributed by atoms with van der Waals surface area (Å²) >= 11 is 3.73. The molecule has 3 aromatic rings. The molecule has 0 amide bonds. The Morgan fingerprint density at radius 1 is 1.19 bits per heavy atom. The van der Waals surface area contributed by atoms with Crippen molar-refractivity contribution in [3.05, 3.63) is 63.5 Å². The van der Waals surface area contributed by atoms with Crippen LogP contribution in [0, 0.1) is 0 Å². The van der Waals surface area contributed by atoms with Crippen molar-refractivity contribution in [1.82, 2.24) is 4.98 Å². The molecule has 106 valence electrons. The van der Waals surface area contributed by atoms with Crippen LogP contribution in [0.1, 0.15) is 27.0 Å². The summed E-state index contributed by atoms with van der Waals surface area (Å²) in [5.74, 6) is 2.27. The van der Waals surface area contributed by atoms with Crippen molar-refractivity contribution in [2.24, 2.45) is 0 Å². The van der Waals surface area contributed by atoms with Crippen molar-refractivity contribution in [1.29, 1.82) is 0 Å². The van der Waals surface area contributed by atoms with Crippen LogP contribution in [0.2, 0.25) is 0 Å². The summed E-state index contributed by atoms with van der Waals surface area (Å²) in [7, 11) is 0. The minimum absolute atomic E-state index is 0.579. The summed E-state index contributed by atoms with van der Waals surface area (Å²) in [4.78, 5) is 6.93. The van der Waals surface area contributed by atoms with E-state index in [0.717, 1.165) is 33.5 Å². The molecule has 2 nitrogen and oxygen atoms in total. The number of benzene rings is 1. The van der Waals surface area contributed by atoms with Gasteiger partial charge in [0.15, 0.2) is 0 Å². The standard InChI is InChI=1S/C17H15NOS2/c19-17(15-9-12-10-20-8-6-14(12)21-15)13-5-1-3-11-4-2-7-18-16(11)13/h1-5,7,9,17,19H,6,8,10H2. The van der Waals surface area contributed by atoms with Gasteiger partial charge in [0.1, 0.15) is 6.10 Å². The van der Waals surface area contributed by atoms with E-state index in [1.165, 1.54) is 16.2 Å². The summed E-state index contributed by atoms with van der Waals surface area (Å²) in [5, 5.41) is 11.9. The molecule has 0 saturated heterocycles. The second-order valence-electron chi connectivity index (χ2n) is 5.22. The molecule has 0 radical (unpaired) electrons. The van der Waals surface area contributed by atoms with Crippen molar-refractivity contribution in [3.8, 4) is 0 Å². The molecule has 1 N–H and O–H groups in total. The largest absolute Gasteiger partial charge is 0.383 e. The van der Waals surface area contributed by atoms with E-state index in [4.69, 9.17) is 0 Å². The lowest BCUT2D eigenvalue weighted by Crippen LogP contribution is -1.99. The lowest BCUT2D eigenvalue weighted by Gasteiger charge is -2.11. The van der Waals surface area contributed by atoms with Crippen molar-refractivity contribution < 1.29 is 5.11 Å². The number of pyridine rings is 1. The highest BCUT2D eigenvalue weighted by Gasteiger charge is 2.20. The van der Waals surface area contributed by atoms with Gasteiger partial charge in [-0.1, -0.05) is 24.3 Å². The lowest BCUT2D eigenvalue weighted by molar-refractivity contribution is 0.225. The predicted molar refractivity (Wildman–Crippen MR) is 90.0 cm³/mol. The first kappa shape index (κ1) is 13.3. The summed E-state index contributed by atoms with van der Waals surface area (Å²) in [6, 6.07) is 12.2. The molecule has 1 aromatic carbocycles. The normalized spacial score (nSPS) is 15.9. The Labute approximate surface area is 131 Å². The van der Waals surface area contributed by atoms with Gasteiger partial charge in [-0.2, -0.15) is 11.8 Å². The topological polar surface area (TPSA) is 33.1 Å². The van der Waals surface area contributed by atoms with Crippen molar-refractivity contribution in [2.45, 2.75) is 18.3 Å². The number of hydrogen-bond acceptors (Lipinski definition) is 4. The maximum atomic E-state index is 10.8. The zero-order valence-corrected chi connectivity index (χ0v) is 13.1. The van der Waals surface area contributed by atoms with Crippen LogP contribution in [0.3, 0.4) is 0 Å². The number of aryl methyl sites for hydroxylation is 1. The zero-order chi connectivity index (χ0) is 14.2. The number of fused-ring (bicyclic) bond motifs is 2. The maximum absolute atomic E-state index is 10.8. The van der Waals surface area contributed by atoms with Gasteiger partial charge < -0.3 is 5.11 Å². The van der Waals surface area contributed by atoms with Crippen LogP contribution in [-0.2, 0) is 12.2 Å². The highest BCUT2D eigenvalue weighted by atomic mass is 32.2. The molecule has 4 heteroatoms. The molecular weight excluding hydrogens is 298 g/mol. The molecule has 1 aliphatic heterocycles. The zero-order valence-electron chi connectivity index (χ0n) is 11.5. The Kier molecular flexibility index (Phi) is 3.45. The molecule has 4 rings (SSSR count). The molecular formula is C17H15NOS2. The van der Waals surface area contributed by atoms with Gasteiger partial charge >= 0.3 is 0 Å². The highest BCUT2D eigenvalue weighted by Crippen LogP contribution is 2.37. The molecule has 0 bridgehead atoms. The second kappa shape index (κ2) is 5.44. The molecule has 3 heterocycles. The summed E-state index contributed by atoms with van der Waals surface area (Å²) < 4.78 is 0. The fourth-order valence-electron chi connectivity index (χ4n) is 2.81. The quantitative estimate of drug-likeness (QED) is 0.771. The average molecular weight is 313 g/mol. The summed E-state index contributed by atoms with van der Waals surface area (Å²) in [6.45, 7) is 0. The lowest BCUT2D eigenvalue weighted by atomic mass is 10.0.